The molecule has 126 valence electrons. The Kier molecular flexibility index (Phi) is 4.43. The van der Waals surface area contributed by atoms with Crippen LogP contribution in [-0.2, 0) is 16.4 Å². The summed E-state index contributed by atoms with van der Waals surface area (Å²) >= 11 is 0. The third kappa shape index (κ3) is 3.34. The van der Waals surface area contributed by atoms with Gasteiger partial charge in [0.1, 0.15) is 5.82 Å². The maximum absolute atomic E-state index is 12.9. The summed E-state index contributed by atoms with van der Waals surface area (Å²) < 4.78 is 40.0. The molecular formula is C18H19FN2O2S. The molecule has 3 rings (SSSR count). The van der Waals surface area contributed by atoms with Gasteiger partial charge < -0.3 is 4.98 Å². The Labute approximate surface area is 140 Å². The molecule has 0 saturated heterocycles. The van der Waals surface area contributed by atoms with Crippen molar-refractivity contribution in [3.63, 3.8) is 0 Å². The average Bonchev–Trinajstić information content (AvgIpc) is 2.83. The molecule has 0 saturated carbocycles. The average molecular weight is 346 g/mol. The molecule has 0 bridgehead atoms. The molecule has 24 heavy (non-hydrogen) atoms. The number of benzene rings is 2. The minimum absolute atomic E-state index is 0.0652. The number of aromatic amines is 1. The highest BCUT2D eigenvalue weighted by molar-refractivity contribution is 7.89. The molecule has 0 radical (unpaired) electrons. The first-order chi connectivity index (χ1) is 11.4. The van der Waals surface area contributed by atoms with Gasteiger partial charge in [0.15, 0.2) is 0 Å². The van der Waals surface area contributed by atoms with Gasteiger partial charge in [0.05, 0.1) is 4.90 Å². The smallest absolute Gasteiger partial charge is 0.240 e. The molecule has 2 aromatic carbocycles. The minimum Gasteiger partial charge on any atom is -0.358 e. The molecule has 1 aromatic heterocycles. The van der Waals surface area contributed by atoms with Gasteiger partial charge in [-0.1, -0.05) is 11.6 Å². The number of hydrogen-bond acceptors (Lipinski definition) is 2. The summed E-state index contributed by atoms with van der Waals surface area (Å²) in [6.07, 6.45) is 0.579. The predicted molar refractivity (Wildman–Crippen MR) is 93.1 cm³/mol. The van der Waals surface area contributed by atoms with E-state index in [1.807, 2.05) is 26.0 Å². The molecule has 0 unspecified atom stereocenters. The number of nitrogens with one attached hydrogen (secondary N) is 2. The van der Waals surface area contributed by atoms with Gasteiger partial charge in [-0.25, -0.2) is 17.5 Å². The van der Waals surface area contributed by atoms with E-state index in [2.05, 4.69) is 15.8 Å². The van der Waals surface area contributed by atoms with E-state index in [0.29, 0.717) is 6.42 Å². The number of sulfonamides is 1. The van der Waals surface area contributed by atoms with Crippen LogP contribution in [0, 0.1) is 19.7 Å². The van der Waals surface area contributed by atoms with Crippen LogP contribution in [0.2, 0.25) is 0 Å². The Hall–Kier alpha value is -2.18. The van der Waals surface area contributed by atoms with Gasteiger partial charge in [0, 0.05) is 23.1 Å². The zero-order valence-electron chi connectivity index (χ0n) is 13.6. The first-order valence-electron chi connectivity index (χ1n) is 7.70. The van der Waals surface area contributed by atoms with Crippen LogP contribution < -0.4 is 4.72 Å². The van der Waals surface area contributed by atoms with Crippen LogP contribution in [-0.4, -0.2) is 19.9 Å². The molecule has 0 aliphatic carbocycles. The fourth-order valence-corrected chi connectivity index (χ4v) is 3.86. The van der Waals surface area contributed by atoms with E-state index in [1.165, 1.54) is 12.1 Å². The topological polar surface area (TPSA) is 62.0 Å². The third-order valence-corrected chi connectivity index (χ3v) is 5.54. The number of hydrogen-bond donors (Lipinski definition) is 2. The van der Waals surface area contributed by atoms with E-state index in [9.17, 15) is 12.8 Å². The summed E-state index contributed by atoms with van der Waals surface area (Å²) in [6, 6.07) is 11.0. The van der Waals surface area contributed by atoms with Crippen LogP contribution >= 0.6 is 0 Å². The standard InChI is InChI=1S/C18H19FN2O2S/c1-12-3-8-18-17(11-12)16(13(2)21-18)9-10-20-24(22,23)15-6-4-14(19)5-7-15/h3-8,11,20-21H,9-10H2,1-2H3. The van der Waals surface area contributed by atoms with E-state index in [-0.39, 0.29) is 11.4 Å². The summed E-state index contributed by atoms with van der Waals surface area (Å²) in [5.41, 5.74) is 4.36. The third-order valence-electron chi connectivity index (χ3n) is 4.07. The van der Waals surface area contributed by atoms with E-state index in [0.717, 1.165) is 39.9 Å². The number of fused-ring (bicyclic) bond motifs is 1. The summed E-state index contributed by atoms with van der Waals surface area (Å²) in [7, 11) is -3.63. The van der Waals surface area contributed by atoms with Crippen molar-refractivity contribution < 1.29 is 12.8 Å². The highest BCUT2D eigenvalue weighted by Crippen LogP contribution is 2.23. The molecule has 0 amide bonds. The van der Waals surface area contributed by atoms with Crippen LogP contribution in [0.5, 0.6) is 0 Å². The lowest BCUT2D eigenvalue weighted by atomic mass is 10.1. The minimum atomic E-state index is -3.63. The Balaban J connectivity index is 1.76. The SMILES string of the molecule is Cc1ccc2[nH]c(C)c(CCNS(=O)(=O)c3ccc(F)cc3)c2c1. The van der Waals surface area contributed by atoms with Gasteiger partial charge in [0.25, 0.3) is 0 Å². The molecule has 0 fully saturated rings. The van der Waals surface area contributed by atoms with Gasteiger partial charge in [-0.15, -0.1) is 0 Å². The number of aryl methyl sites for hydroxylation is 2. The monoisotopic (exact) mass is 346 g/mol. The number of H-pyrrole nitrogens is 1. The van der Waals surface area contributed by atoms with E-state index >= 15 is 0 Å². The van der Waals surface area contributed by atoms with Crippen LogP contribution in [0.4, 0.5) is 4.39 Å². The maximum Gasteiger partial charge on any atom is 0.240 e. The fraction of sp³-hybridized carbons (Fsp3) is 0.222. The Morgan fingerprint density at radius 2 is 1.79 bits per heavy atom. The van der Waals surface area contributed by atoms with Crippen molar-refractivity contribution in [2.45, 2.75) is 25.2 Å². The lowest BCUT2D eigenvalue weighted by molar-refractivity contribution is 0.580. The highest BCUT2D eigenvalue weighted by Gasteiger charge is 2.14. The fourth-order valence-electron chi connectivity index (χ4n) is 2.83. The number of rotatable bonds is 5. The van der Waals surface area contributed by atoms with Gasteiger partial charge >= 0.3 is 0 Å². The van der Waals surface area contributed by atoms with Gasteiger partial charge in [0.2, 0.25) is 10.0 Å². The van der Waals surface area contributed by atoms with Crippen molar-refractivity contribution in [2.75, 3.05) is 6.54 Å². The van der Waals surface area contributed by atoms with E-state index < -0.39 is 15.8 Å². The van der Waals surface area contributed by atoms with E-state index in [1.54, 1.807) is 0 Å². The van der Waals surface area contributed by atoms with Crippen LogP contribution in [0.3, 0.4) is 0 Å². The molecule has 0 atom stereocenters. The molecular weight excluding hydrogens is 327 g/mol. The molecule has 0 spiro atoms. The predicted octanol–water partition coefficient (Wildman–Crippen LogP) is 3.44. The normalized spacial score (nSPS) is 12.0. The zero-order valence-corrected chi connectivity index (χ0v) is 14.4. The summed E-state index contributed by atoms with van der Waals surface area (Å²) in [5.74, 6) is -0.460. The summed E-state index contributed by atoms with van der Waals surface area (Å²) in [4.78, 5) is 3.39. The Bertz CT molecular complexity index is 976. The van der Waals surface area contributed by atoms with Gasteiger partial charge in [-0.2, -0.15) is 0 Å². The lowest BCUT2D eigenvalue weighted by Crippen LogP contribution is -2.26. The van der Waals surface area contributed by atoms with Crippen molar-refractivity contribution in [3.05, 3.63) is 65.1 Å². The zero-order chi connectivity index (χ0) is 17.3. The van der Waals surface area contributed by atoms with Crippen molar-refractivity contribution in [3.8, 4) is 0 Å². The molecule has 2 N–H and O–H groups in total. The first-order valence-corrected chi connectivity index (χ1v) is 9.18. The summed E-state index contributed by atoms with van der Waals surface area (Å²) in [6.45, 7) is 4.30. The Morgan fingerprint density at radius 3 is 2.50 bits per heavy atom. The van der Waals surface area contributed by atoms with Crippen molar-refractivity contribution in [1.82, 2.24) is 9.71 Å². The second kappa shape index (κ2) is 6.37. The molecule has 4 nitrogen and oxygen atoms in total. The molecule has 6 heteroatoms. The summed E-state index contributed by atoms with van der Waals surface area (Å²) in [5, 5.41) is 1.12. The van der Waals surface area contributed by atoms with Gasteiger partial charge in [-0.3, -0.25) is 0 Å². The van der Waals surface area contributed by atoms with Crippen molar-refractivity contribution in [1.29, 1.82) is 0 Å². The molecule has 0 aliphatic heterocycles. The Morgan fingerprint density at radius 1 is 1.08 bits per heavy atom. The van der Waals surface area contributed by atoms with Gasteiger partial charge in [-0.05, 0) is 62.2 Å². The molecule has 0 aliphatic rings. The second-order valence-corrected chi connectivity index (χ2v) is 7.65. The second-order valence-electron chi connectivity index (χ2n) is 5.88. The largest absolute Gasteiger partial charge is 0.358 e. The van der Waals surface area contributed by atoms with Crippen LogP contribution in [0.1, 0.15) is 16.8 Å². The number of aromatic nitrogens is 1. The van der Waals surface area contributed by atoms with Crippen molar-refractivity contribution in [2.24, 2.45) is 0 Å². The molecule has 3 aromatic rings. The lowest BCUT2D eigenvalue weighted by Gasteiger charge is -2.07. The highest BCUT2D eigenvalue weighted by atomic mass is 32.2. The molecule has 1 heterocycles. The number of halogens is 1. The van der Waals surface area contributed by atoms with Crippen LogP contribution in [0.15, 0.2) is 47.4 Å². The maximum atomic E-state index is 12.9. The van der Waals surface area contributed by atoms with E-state index in [4.69, 9.17) is 0 Å². The quantitative estimate of drug-likeness (QED) is 0.743. The first kappa shape index (κ1) is 16.7. The van der Waals surface area contributed by atoms with Crippen LogP contribution in [0.25, 0.3) is 10.9 Å². The van der Waals surface area contributed by atoms with Crippen molar-refractivity contribution >= 4 is 20.9 Å².